The molecule has 6 nitrogen and oxygen atoms in total. The standard InChI is InChI=1S/C17H26N6/c1-12-11-13(2)20-16-14(12)15(18)21-17(22-16)19-7-6-10-23-8-4-3-5-9-23/h11H,3-10H2,1-2H3,(H3,18,19,20,21,22). The van der Waals surface area contributed by atoms with Gasteiger partial charge in [0.25, 0.3) is 0 Å². The Morgan fingerprint density at radius 1 is 1.13 bits per heavy atom. The van der Waals surface area contributed by atoms with Crippen LogP contribution in [0.1, 0.15) is 36.9 Å². The topological polar surface area (TPSA) is 80.0 Å². The number of nitrogens with two attached hydrogens (primary N) is 1. The lowest BCUT2D eigenvalue weighted by molar-refractivity contribution is 0.228. The molecule has 1 aliphatic rings. The van der Waals surface area contributed by atoms with Crippen LogP contribution in [0.25, 0.3) is 11.0 Å². The van der Waals surface area contributed by atoms with Crippen LogP contribution in [-0.4, -0.2) is 46.0 Å². The molecule has 2 aromatic rings. The lowest BCUT2D eigenvalue weighted by atomic mass is 10.1. The van der Waals surface area contributed by atoms with E-state index in [1.165, 1.54) is 32.4 Å². The molecule has 3 rings (SSSR count). The largest absolute Gasteiger partial charge is 0.383 e. The number of rotatable bonds is 5. The number of anilines is 2. The predicted molar refractivity (Wildman–Crippen MR) is 94.6 cm³/mol. The molecule has 0 saturated carbocycles. The van der Waals surface area contributed by atoms with Crippen molar-refractivity contribution < 1.29 is 0 Å². The first-order valence-corrected chi connectivity index (χ1v) is 8.51. The summed E-state index contributed by atoms with van der Waals surface area (Å²) in [6.07, 6.45) is 5.14. The van der Waals surface area contributed by atoms with Crippen LogP contribution in [0, 0.1) is 13.8 Å². The van der Waals surface area contributed by atoms with Crippen molar-refractivity contribution in [3.63, 3.8) is 0 Å². The quantitative estimate of drug-likeness (QED) is 0.826. The minimum atomic E-state index is 0.499. The molecule has 2 aromatic heterocycles. The van der Waals surface area contributed by atoms with Gasteiger partial charge in [-0.15, -0.1) is 0 Å². The second-order valence-corrected chi connectivity index (χ2v) is 6.39. The van der Waals surface area contributed by atoms with Gasteiger partial charge in [-0.3, -0.25) is 0 Å². The minimum absolute atomic E-state index is 0.499. The highest BCUT2D eigenvalue weighted by Gasteiger charge is 2.11. The molecule has 0 radical (unpaired) electrons. The molecule has 0 atom stereocenters. The molecule has 23 heavy (non-hydrogen) atoms. The summed E-state index contributed by atoms with van der Waals surface area (Å²) in [6.45, 7) is 8.45. The van der Waals surface area contributed by atoms with Crippen molar-refractivity contribution in [2.24, 2.45) is 0 Å². The number of nitrogens with zero attached hydrogens (tertiary/aromatic N) is 4. The maximum atomic E-state index is 6.09. The van der Waals surface area contributed by atoms with Gasteiger partial charge in [0, 0.05) is 12.2 Å². The van der Waals surface area contributed by atoms with Crippen LogP contribution in [-0.2, 0) is 0 Å². The number of aromatic nitrogens is 3. The summed E-state index contributed by atoms with van der Waals surface area (Å²) < 4.78 is 0. The van der Waals surface area contributed by atoms with Gasteiger partial charge in [0.15, 0.2) is 5.65 Å². The van der Waals surface area contributed by atoms with E-state index >= 15 is 0 Å². The summed E-state index contributed by atoms with van der Waals surface area (Å²) in [5.74, 6) is 1.07. The third kappa shape index (κ3) is 3.88. The van der Waals surface area contributed by atoms with Gasteiger partial charge >= 0.3 is 0 Å². The van der Waals surface area contributed by atoms with Crippen LogP contribution in [0.15, 0.2) is 6.07 Å². The number of piperidine rings is 1. The number of likely N-dealkylation sites (tertiary alicyclic amines) is 1. The number of nitrogens with one attached hydrogen (secondary N) is 1. The van der Waals surface area contributed by atoms with Gasteiger partial charge in [0.2, 0.25) is 5.95 Å². The van der Waals surface area contributed by atoms with E-state index in [-0.39, 0.29) is 0 Å². The molecule has 0 bridgehead atoms. The highest BCUT2D eigenvalue weighted by Crippen LogP contribution is 2.22. The van der Waals surface area contributed by atoms with E-state index < -0.39 is 0 Å². The van der Waals surface area contributed by atoms with E-state index in [0.29, 0.717) is 17.4 Å². The lowest BCUT2D eigenvalue weighted by Gasteiger charge is -2.26. The number of hydrogen-bond donors (Lipinski definition) is 2. The summed E-state index contributed by atoms with van der Waals surface area (Å²) in [7, 11) is 0. The smallest absolute Gasteiger partial charge is 0.226 e. The Bertz CT molecular complexity index is 678. The molecule has 3 N–H and O–H groups in total. The number of fused-ring (bicyclic) bond motifs is 1. The van der Waals surface area contributed by atoms with Gasteiger partial charge in [-0.25, -0.2) is 4.98 Å². The summed E-state index contributed by atoms with van der Waals surface area (Å²) in [4.78, 5) is 15.9. The maximum absolute atomic E-state index is 6.09. The molecule has 6 heteroatoms. The van der Waals surface area contributed by atoms with E-state index in [1.54, 1.807) is 0 Å². The monoisotopic (exact) mass is 314 g/mol. The Morgan fingerprint density at radius 3 is 2.70 bits per heavy atom. The molecule has 3 heterocycles. The summed E-state index contributed by atoms with van der Waals surface area (Å²) in [5.41, 5.74) is 8.78. The minimum Gasteiger partial charge on any atom is -0.383 e. The first kappa shape index (κ1) is 15.9. The van der Waals surface area contributed by atoms with Crippen molar-refractivity contribution in [3.05, 3.63) is 17.3 Å². The summed E-state index contributed by atoms with van der Waals surface area (Å²) in [5, 5.41) is 4.14. The Morgan fingerprint density at radius 2 is 1.91 bits per heavy atom. The number of aryl methyl sites for hydroxylation is 2. The molecular weight excluding hydrogens is 288 g/mol. The summed E-state index contributed by atoms with van der Waals surface area (Å²) >= 11 is 0. The second-order valence-electron chi connectivity index (χ2n) is 6.39. The van der Waals surface area contributed by atoms with Crippen LogP contribution >= 0.6 is 0 Å². The molecule has 1 aliphatic heterocycles. The van der Waals surface area contributed by atoms with Gasteiger partial charge in [0.1, 0.15) is 5.82 Å². The molecule has 124 valence electrons. The molecular formula is C17H26N6. The molecule has 0 unspecified atom stereocenters. The first-order valence-electron chi connectivity index (χ1n) is 8.51. The van der Waals surface area contributed by atoms with Crippen molar-refractivity contribution in [2.45, 2.75) is 39.5 Å². The normalized spacial score (nSPS) is 15.9. The van der Waals surface area contributed by atoms with Crippen molar-refractivity contribution in [1.82, 2.24) is 19.9 Å². The number of pyridine rings is 1. The number of nitrogen functional groups attached to an aromatic ring is 1. The molecule has 1 saturated heterocycles. The van der Waals surface area contributed by atoms with E-state index in [4.69, 9.17) is 5.73 Å². The zero-order valence-electron chi connectivity index (χ0n) is 14.1. The average molecular weight is 314 g/mol. The van der Waals surface area contributed by atoms with Gasteiger partial charge in [-0.2, -0.15) is 9.97 Å². The third-order valence-electron chi connectivity index (χ3n) is 4.40. The Hall–Kier alpha value is -1.95. The van der Waals surface area contributed by atoms with Crippen LogP contribution in [0.3, 0.4) is 0 Å². The number of hydrogen-bond acceptors (Lipinski definition) is 6. The summed E-state index contributed by atoms with van der Waals surface area (Å²) in [6, 6.07) is 2.01. The molecule has 0 amide bonds. The Kier molecular flexibility index (Phi) is 4.91. The van der Waals surface area contributed by atoms with Gasteiger partial charge in [-0.1, -0.05) is 6.42 Å². The van der Waals surface area contributed by atoms with Gasteiger partial charge < -0.3 is 16.0 Å². The van der Waals surface area contributed by atoms with Gasteiger partial charge in [0.05, 0.1) is 5.39 Å². The highest BCUT2D eigenvalue weighted by atomic mass is 15.1. The fraction of sp³-hybridized carbons (Fsp3) is 0.588. The molecule has 0 aromatic carbocycles. The van der Waals surface area contributed by atoms with E-state index in [9.17, 15) is 0 Å². The van der Waals surface area contributed by atoms with E-state index in [0.717, 1.165) is 36.2 Å². The SMILES string of the molecule is Cc1cc(C)c2c(N)nc(NCCCN3CCCCC3)nc2n1. The van der Waals surface area contributed by atoms with E-state index in [2.05, 4.69) is 25.2 Å². The predicted octanol–water partition coefficient (Wildman–Crippen LogP) is 2.51. The molecule has 1 fully saturated rings. The Balaban J connectivity index is 1.61. The van der Waals surface area contributed by atoms with Crippen molar-refractivity contribution in [1.29, 1.82) is 0 Å². The van der Waals surface area contributed by atoms with Gasteiger partial charge in [-0.05, 0) is 64.4 Å². The average Bonchev–Trinajstić information content (AvgIpc) is 2.51. The van der Waals surface area contributed by atoms with Crippen LogP contribution in [0.4, 0.5) is 11.8 Å². The van der Waals surface area contributed by atoms with Crippen LogP contribution < -0.4 is 11.1 Å². The van der Waals surface area contributed by atoms with E-state index in [1.807, 2.05) is 19.9 Å². The fourth-order valence-electron chi connectivity index (χ4n) is 3.27. The molecule has 0 aliphatic carbocycles. The van der Waals surface area contributed by atoms with Crippen molar-refractivity contribution in [2.75, 3.05) is 37.2 Å². The third-order valence-corrected chi connectivity index (χ3v) is 4.40. The highest BCUT2D eigenvalue weighted by molar-refractivity contribution is 5.89. The molecule has 0 spiro atoms. The Labute approximate surface area is 137 Å². The fourth-order valence-corrected chi connectivity index (χ4v) is 3.27. The van der Waals surface area contributed by atoms with Crippen molar-refractivity contribution >= 4 is 22.8 Å². The zero-order valence-corrected chi connectivity index (χ0v) is 14.1. The maximum Gasteiger partial charge on any atom is 0.226 e. The van der Waals surface area contributed by atoms with Crippen LogP contribution in [0.5, 0.6) is 0 Å². The lowest BCUT2D eigenvalue weighted by Crippen LogP contribution is -2.31. The first-order chi connectivity index (χ1) is 11.1. The van der Waals surface area contributed by atoms with Crippen molar-refractivity contribution in [3.8, 4) is 0 Å². The second kappa shape index (κ2) is 7.08. The zero-order chi connectivity index (χ0) is 16.2. The van der Waals surface area contributed by atoms with Crippen LogP contribution in [0.2, 0.25) is 0 Å².